The molecule has 1 aliphatic rings. The lowest BCUT2D eigenvalue weighted by Crippen LogP contribution is -2.30. The van der Waals surface area contributed by atoms with E-state index in [1.54, 1.807) is 24.3 Å². The van der Waals surface area contributed by atoms with Crippen LogP contribution in [0.4, 0.5) is 11.4 Å². The number of benzene rings is 3. The number of carbonyl (C=O) groups is 3. The third-order valence-electron chi connectivity index (χ3n) is 5.07. The molecule has 144 valence electrons. The van der Waals surface area contributed by atoms with Crippen LogP contribution < -0.4 is 10.2 Å². The van der Waals surface area contributed by atoms with Crippen molar-refractivity contribution in [2.45, 2.75) is 13.8 Å². The van der Waals surface area contributed by atoms with E-state index < -0.39 is 17.7 Å². The average molecular weight is 386 g/mol. The molecule has 3 aromatic rings. The van der Waals surface area contributed by atoms with E-state index in [1.807, 2.05) is 19.9 Å². The summed E-state index contributed by atoms with van der Waals surface area (Å²) in [5.74, 6) is -1.27. The fraction of sp³-hybridized carbons (Fsp3) is 0.0870. The molecule has 29 heavy (non-hydrogen) atoms. The lowest BCUT2D eigenvalue weighted by atomic mass is 10.1. The fourth-order valence-corrected chi connectivity index (χ4v) is 3.37. The zero-order chi connectivity index (χ0) is 20.7. The number of rotatable bonds is 3. The number of imide groups is 1. The van der Waals surface area contributed by atoms with E-state index in [1.165, 1.54) is 30.3 Å². The number of phenols is 1. The Morgan fingerprint density at radius 2 is 1.62 bits per heavy atom. The van der Waals surface area contributed by atoms with Gasteiger partial charge in [0.1, 0.15) is 5.75 Å². The third kappa shape index (κ3) is 3.14. The summed E-state index contributed by atoms with van der Waals surface area (Å²) in [6.07, 6.45) is 0. The highest BCUT2D eigenvalue weighted by Gasteiger charge is 2.37. The number of hydrogen-bond donors (Lipinski definition) is 2. The summed E-state index contributed by atoms with van der Waals surface area (Å²) in [5, 5.41) is 12.2. The van der Waals surface area contributed by atoms with Gasteiger partial charge in [-0.1, -0.05) is 18.2 Å². The van der Waals surface area contributed by atoms with Gasteiger partial charge < -0.3 is 10.4 Å². The first kappa shape index (κ1) is 18.4. The van der Waals surface area contributed by atoms with Gasteiger partial charge in [0, 0.05) is 17.3 Å². The van der Waals surface area contributed by atoms with Crippen LogP contribution in [0.1, 0.15) is 42.2 Å². The molecule has 0 fully saturated rings. The maximum Gasteiger partial charge on any atom is 0.266 e. The SMILES string of the molecule is Cc1cccc(N2C(=O)c3ccc(C(=O)Nc4cccc(O)c4)cc3C2=O)c1C. The van der Waals surface area contributed by atoms with E-state index >= 15 is 0 Å². The van der Waals surface area contributed by atoms with Gasteiger partial charge in [0.15, 0.2) is 0 Å². The monoisotopic (exact) mass is 386 g/mol. The Morgan fingerprint density at radius 3 is 2.38 bits per heavy atom. The van der Waals surface area contributed by atoms with E-state index in [4.69, 9.17) is 0 Å². The van der Waals surface area contributed by atoms with Gasteiger partial charge in [-0.05, 0) is 61.4 Å². The summed E-state index contributed by atoms with van der Waals surface area (Å²) in [4.78, 5) is 39.6. The van der Waals surface area contributed by atoms with Crippen LogP contribution in [0.2, 0.25) is 0 Å². The molecule has 1 aliphatic heterocycles. The van der Waals surface area contributed by atoms with E-state index in [2.05, 4.69) is 5.32 Å². The molecular weight excluding hydrogens is 368 g/mol. The highest BCUT2D eigenvalue weighted by molar-refractivity contribution is 6.35. The number of anilines is 2. The van der Waals surface area contributed by atoms with Gasteiger partial charge in [0.25, 0.3) is 17.7 Å². The molecular formula is C23H18N2O4. The molecule has 0 saturated carbocycles. The van der Waals surface area contributed by atoms with Crippen molar-refractivity contribution in [3.05, 3.63) is 88.5 Å². The Kier molecular flexibility index (Phi) is 4.39. The molecule has 3 amide bonds. The number of hydrogen-bond acceptors (Lipinski definition) is 4. The zero-order valence-electron chi connectivity index (χ0n) is 15.9. The molecule has 0 unspecified atom stereocenters. The molecule has 0 aliphatic carbocycles. The molecule has 0 atom stereocenters. The highest BCUT2D eigenvalue weighted by atomic mass is 16.3. The third-order valence-corrected chi connectivity index (χ3v) is 5.07. The number of aryl methyl sites for hydroxylation is 1. The van der Waals surface area contributed by atoms with Crippen molar-refractivity contribution in [2.75, 3.05) is 10.2 Å². The second-order valence-corrected chi connectivity index (χ2v) is 6.93. The van der Waals surface area contributed by atoms with Gasteiger partial charge in [0.05, 0.1) is 16.8 Å². The molecule has 2 N–H and O–H groups in total. The molecule has 4 rings (SSSR count). The number of carbonyl (C=O) groups excluding carboxylic acids is 3. The Balaban J connectivity index is 1.67. The van der Waals surface area contributed by atoms with Gasteiger partial charge in [-0.25, -0.2) is 4.90 Å². The predicted molar refractivity (Wildman–Crippen MR) is 110 cm³/mol. The average Bonchev–Trinajstić information content (AvgIpc) is 2.94. The van der Waals surface area contributed by atoms with Crippen LogP contribution in [0.3, 0.4) is 0 Å². The van der Waals surface area contributed by atoms with E-state index in [0.29, 0.717) is 11.4 Å². The molecule has 6 heteroatoms. The molecule has 3 aromatic carbocycles. The van der Waals surface area contributed by atoms with Gasteiger partial charge in [0.2, 0.25) is 0 Å². The first-order chi connectivity index (χ1) is 13.9. The second kappa shape index (κ2) is 6.91. The summed E-state index contributed by atoms with van der Waals surface area (Å²) in [6, 6.07) is 16.1. The maximum absolute atomic E-state index is 13.0. The lowest BCUT2D eigenvalue weighted by molar-refractivity contribution is 0.0925. The zero-order valence-corrected chi connectivity index (χ0v) is 15.9. The van der Waals surface area contributed by atoms with E-state index in [9.17, 15) is 19.5 Å². The van der Waals surface area contributed by atoms with Crippen molar-refractivity contribution in [1.82, 2.24) is 0 Å². The van der Waals surface area contributed by atoms with Crippen LogP contribution in [-0.2, 0) is 0 Å². The van der Waals surface area contributed by atoms with Gasteiger partial charge in [-0.3, -0.25) is 14.4 Å². The first-order valence-electron chi connectivity index (χ1n) is 9.06. The minimum atomic E-state index is -0.453. The van der Waals surface area contributed by atoms with Crippen LogP contribution in [0.15, 0.2) is 60.7 Å². The van der Waals surface area contributed by atoms with Crippen LogP contribution in [0.25, 0.3) is 0 Å². The number of nitrogens with zero attached hydrogens (tertiary/aromatic N) is 1. The molecule has 1 heterocycles. The van der Waals surface area contributed by atoms with Gasteiger partial charge >= 0.3 is 0 Å². The van der Waals surface area contributed by atoms with Crippen molar-refractivity contribution in [3.63, 3.8) is 0 Å². The quantitative estimate of drug-likeness (QED) is 0.665. The molecule has 0 saturated heterocycles. The second-order valence-electron chi connectivity index (χ2n) is 6.93. The predicted octanol–water partition coefficient (Wildman–Crippen LogP) is 4.06. The van der Waals surface area contributed by atoms with E-state index in [0.717, 1.165) is 16.0 Å². The molecule has 0 aromatic heterocycles. The lowest BCUT2D eigenvalue weighted by Gasteiger charge is -2.17. The summed E-state index contributed by atoms with van der Waals surface area (Å²) in [6.45, 7) is 3.78. The van der Waals surface area contributed by atoms with E-state index in [-0.39, 0.29) is 22.4 Å². The van der Waals surface area contributed by atoms with Crippen molar-refractivity contribution in [1.29, 1.82) is 0 Å². The van der Waals surface area contributed by atoms with Crippen LogP contribution in [0, 0.1) is 13.8 Å². The maximum atomic E-state index is 13.0. The van der Waals surface area contributed by atoms with Crippen molar-refractivity contribution >= 4 is 29.1 Å². The van der Waals surface area contributed by atoms with Crippen molar-refractivity contribution in [3.8, 4) is 5.75 Å². The number of amides is 3. The van der Waals surface area contributed by atoms with Crippen LogP contribution in [0.5, 0.6) is 5.75 Å². The standard InChI is InChI=1S/C23H18N2O4/c1-13-5-3-8-20(14(13)2)25-22(28)18-10-9-15(11-19(18)23(25)29)21(27)24-16-6-4-7-17(26)12-16/h3-12,26H,1-2H3,(H,24,27). The number of aromatic hydroxyl groups is 1. The first-order valence-corrected chi connectivity index (χ1v) is 9.06. The van der Waals surface area contributed by atoms with Crippen molar-refractivity contribution in [2.24, 2.45) is 0 Å². The summed E-state index contributed by atoms with van der Waals surface area (Å²) in [5.41, 5.74) is 3.51. The largest absolute Gasteiger partial charge is 0.508 e. The summed E-state index contributed by atoms with van der Waals surface area (Å²) < 4.78 is 0. The topological polar surface area (TPSA) is 86.7 Å². The normalized spacial score (nSPS) is 12.8. The molecule has 0 radical (unpaired) electrons. The molecule has 6 nitrogen and oxygen atoms in total. The summed E-state index contributed by atoms with van der Waals surface area (Å²) >= 11 is 0. The minimum absolute atomic E-state index is 0.0293. The Bertz CT molecular complexity index is 1180. The molecule has 0 bridgehead atoms. The molecule has 0 spiro atoms. The highest BCUT2D eigenvalue weighted by Crippen LogP contribution is 2.32. The number of nitrogens with one attached hydrogen (secondary N) is 1. The van der Waals surface area contributed by atoms with Crippen LogP contribution >= 0.6 is 0 Å². The van der Waals surface area contributed by atoms with Crippen LogP contribution in [-0.4, -0.2) is 22.8 Å². The smallest absolute Gasteiger partial charge is 0.266 e. The number of fused-ring (bicyclic) bond motifs is 1. The summed E-state index contributed by atoms with van der Waals surface area (Å²) in [7, 11) is 0. The minimum Gasteiger partial charge on any atom is -0.508 e. The van der Waals surface area contributed by atoms with Crippen molar-refractivity contribution < 1.29 is 19.5 Å². The number of phenolic OH excluding ortho intramolecular Hbond substituents is 1. The van der Waals surface area contributed by atoms with Gasteiger partial charge in [-0.2, -0.15) is 0 Å². The Hall–Kier alpha value is -3.93. The van der Waals surface area contributed by atoms with Gasteiger partial charge in [-0.15, -0.1) is 0 Å². The fourth-order valence-electron chi connectivity index (χ4n) is 3.37. The Morgan fingerprint density at radius 1 is 0.897 bits per heavy atom. The Labute approximate surface area is 167 Å².